The van der Waals surface area contributed by atoms with E-state index in [9.17, 15) is 8.78 Å². The van der Waals surface area contributed by atoms with Crippen molar-refractivity contribution in [3.05, 3.63) is 52.4 Å². The zero-order valence-electron chi connectivity index (χ0n) is 12.2. The van der Waals surface area contributed by atoms with Crippen molar-refractivity contribution in [3.63, 3.8) is 0 Å². The van der Waals surface area contributed by atoms with E-state index in [1.807, 2.05) is 13.8 Å². The first-order chi connectivity index (χ1) is 10.1. The number of halogens is 2. The van der Waals surface area contributed by atoms with Crippen molar-refractivity contribution in [1.82, 2.24) is 10.1 Å². The van der Waals surface area contributed by atoms with Gasteiger partial charge in [0.2, 0.25) is 0 Å². The molecule has 1 aliphatic rings. The van der Waals surface area contributed by atoms with Crippen LogP contribution in [0.1, 0.15) is 41.5 Å². The van der Waals surface area contributed by atoms with E-state index in [1.54, 1.807) is 6.07 Å². The molecule has 1 atom stereocenters. The molecule has 0 bridgehead atoms. The minimum atomic E-state index is -0.803. The molecule has 1 fully saturated rings. The second kappa shape index (κ2) is 5.56. The molecule has 0 saturated carbocycles. The first kappa shape index (κ1) is 14.2. The first-order valence-electron chi connectivity index (χ1n) is 7.17. The maximum atomic E-state index is 13.3. The molecule has 1 saturated heterocycles. The average molecular weight is 292 g/mol. The summed E-state index contributed by atoms with van der Waals surface area (Å²) in [5.74, 6) is -0.752. The van der Waals surface area contributed by atoms with Crippen molar-refractivity contribution in [2.24, 2.45) is 0 Å². The number of nitrogens with zero attached hydrogens (tertiary/aromatic N) is 2. The second-order valence-corrected chi connectivity index (χ2v) is 5.61. The summed E-state index contributed by atoms with van der Waals surface area (Å²) in [7, 11) is 0. The van der Waals surface area contributed by atoms with Crippen molar-refractivity contribution < 1.29 is 13.3 Å². The molecule has 1 aromatic carbocycles. The van der Waals surface area contributed by atoms with E-state index >= 15 is 0 Å². The number of aryl methyl sites for hydroxylation is 2. The van der Waals surface area contributed by atoms with E-state index in [0.29, 0.717) is 6.54 Å². The Bertz CT molecular complexity index is 634. The zero-order valence-corrected chi connectivity index (χ0v) is 12.2. The molecular formula is C16H18F2N2O. The molecule has 0 aliphatic carbocycles. The number of aromatic nitrogens is 1. The standard InChI is InChI=1S/C16H18F2N2O/c1-10-16(11(2)21-19-10)15-4-3-7-20(15)9-12-5-6-13(17)14(18)8-12/h5-6,8,15H,3-4,7,9H2,1-2H3/t15-/m0/s1. The maximum absolute atomic E-state index is 13.3. The Kier molecular flexibility index (Phi) is 3.76. The SMILES string of the molecule is Cc1noc(C)c1[C@@H]1CCCN1Cc1ccc(F)c(F)c1. The normalized spacial score (nSPS) is 19.3. The van der Waals surface area contributed by atoms with Gasteiger partial charge >= 0.3 is 0 Å². The molecule has 3 rings (SSSR count). The van der Waals surface area contributed by atoms with Gasteiger partial charge in [-0.2, -0.15) is 0 Å². The molecule has 0 unspecified atom stereocenters. The highest BCUT2D eigenvalue weighted by molar-refractivity contribution is 5.27. The largest absolute Gasteiger partial charge is 0.361 e. The minimum Gasteiger partial charge on any atom is -0.361 e. The molecule has 5 heteroatoms. The van der Waals surface area contributed by atoms with Gasteiger partial charge in [0.05, 0.1) is 5.69 Å². The highest BCUT2D eigenvalue weighted by Crippen LogP contribution is 2.36. The Labute approximate surface area is 122 Å². The number of likely N-dealkylation sites (tertiary alicyclic amines) is 1. The summed E-state index contributed by atoms with van der Waals surface area (Å²) in [4.78, 5) is 2.28. The zero-order chi connectivity index (χ0) is 15.0. The molecule has 1 aliphatic heterocycles. The van der Waals surface area contributed by atoms with E-state index in [4.69, 9.17) is 4.52 Å². The third-order valence-corrected chi connectivity index (χ3v) is 4.16. The van der Waals surface area contributed by atoms with E-state index in [2.05, 4.69) is 10.1 Å². The quantitative estimate of drug-likeness (QED) is 0.859. The van der Waals surface area contributed by atoms with Crippen molar-refractivity contribution in [2.45, 2.75) is 39.3 Å². The van der Waals surface area contributed by atoms with Gasteiger partial charge in [0.1, 0.15) is 5.76 Å². The summed E-state index contributed by atoms with van der Waals surface area (Å²) in [6.45, 7) is 5.41. The topological polar surface area (TPSA) is 29.3 Å². The summed E-state index contributed by atoms with van der Waals surface area (Å²) in [6, 6.07) is 4.34. The number of rotatable bonds is 3. The second-order valence-electron chi connectivity index (χ2n) is 5.61. The molecule has 3 nitrogen and oxygen atoms in total. The van der Waals surface area contributed by atoms with Gasteiger partial charge in [-0.3, -0.25) is 4.90 Å². The van der Waals surface area contributed by atoms with Crippen LogP contribution in [0.5, 0.6) is 0 Å². The number of benzene rings is 1. The van der Waals surface area contributed by atoms with Crippen LogP contribution in [0.25, 0.3) is 0 Å². The van der Waals surface area contributed by atoms with Crippen LogP contribution in [0.4, 0.5) is 8.78 Å². The fourth-order valence-corrected chi connectivity index (χ4v) is 3.18. The highest BCUT2D eigenvalue weighted by atomic mass is 19.2. The molecule has 0 amide bonds. The molecule has 112 valence electrons. The van der Waals surface area contributed by atoms with Gasteiger partial charge in [0, 0.05) is 18.2 Å². The Balaban J connectivity index is 1.83. The molecule has 2 heterocycles. The lowest BCUT2D eigenvalue weighted by Gasteiger charge is -2.24. The summed E-state index contributed by atoms with van der Waals surface area (Å²) < 4.78 is 31.6. The van der Waals surface area contributed by atoms with Crippen molar-refractivity contribution in [2.75, 3.05) is 6.54 Å². The van der Waals surface area contributed by atoms with E-state index in [0.717, 1.165) is 42.0 Å². The van der Waals surface area contributed by atoms with E-state index in [-0.39, 0.29) is 6.04 Å². The van der Waals surface area contributed by atoms with E-state index in [1.165, 1.54) is 12.1 Å². The molecule has 0 spiro atoms. The molecule has 0 N–H and O–H groups in total. The van der Waals surface area contributed by atoms with Crippen molar-refractivity contribution >= 4 is 0 Å². The third kappa shape index (κ3) is 2.70. The lowest BCUT2D eigenvalue weighted by Crippen LogP contribution is -2.23. The number of hydrogen-bond donors (Lipinski definition) is 0. The fraction of sp³-hybridized carbons (Fsp3) is 0.438. The molecule has 2 aromatic rings. The Morgan fingerprint density at radius 2 is 2.10 bits per heavy atom. The van der Waals surface area contributed by atoms with Crippen LogP contribution in [0.3, 0.4) is 0 Å². The molecule has 1 aromatic heterocycles. The smallest absolute Gasteiger partial charge is 0.159 e. The summed E-state index contributed by atoms with van der Waals surface area (Å²) in [6.07, 6.45) is 2.12. The first-order valence-corrected chi connectivity index (χ1v) is 7.17. The monoisotopic (exact) mass is 292 g/mol. The predicted octanol–water partition coefficient (Wildman–Crippen LogP) is 3.91. The van der Waals surface area contributed by atoms with E-state index < -0.39 is 11.6 Å². The summed E-state index contributed by atoms with van der Waals surface area (Å²) >= 11 is 0. The van der Waals surface area contributed by atoms with Gasteiger partial charge in [0.15, 0.2) is 11.6 Å². The minimum absolute atomic E-state index is 0.240. The van der Waals surface area contributed by atoms with Gasteiger partial charge in [-0.15, -0.1) is 0 Å². The van der Waals surface area contributed by atoms with Crippen LogP contribution < -0.4 is 0 Å². The molecular weight excluding hydrogens is 274 g/mol. The van der Waals surface area contributed by atoms with Gasteiger partial charge in [-0.1, -0.05) is 11.2 Å². The molecule has 21 heavy (non-hydrogen) atoms. The van der Waals surface area contributed by atoms with Crippen LogP contribution in [-0.4, -0.2) is 16.6 Å². The van der Waals surface area contributed by atoms with Gasteiger partial charge in [0.25, 0.3) is 0 Å². The van der Waals surface area contributed by atoms with Crippen LogP contribution >= 0.6 is 0 Å². The van der Waals surface area contributed by atoms with Crippen LogP contribution in [-0.2, 0) is 6.54 Å². The van der Waals surface area contributed by atoms with Crippen LogP contribution in [0, 0.1) is 25.5 Å². The van der Waals surface area contributed by atoms with Crippen LogP contribution in [0.2, 0.25) is 0 Å². The van der Waals surface area contributed by atoms with Gasteiger partial charge in [-0.05, 0) is 50.9 Å². The van der Waals surface area contributed by atoms with Crippen molar-refractivity contribution in [3.8, 4) is 0 Å². The Morgan fingerprint density at radius 3 is 2.76 bits per heavy atom. The van der Waals surface area contributed by atoms with Gasteiger partial charge < -0.3 is 4.52 Å². The number of hydrogen-bond acceptors (Lipinski definition) is 3. The summed E-state index contributed by atoms with van der Waals surface area (Å²) in [5.41, 5.74) is 2.83. The maximum Gasteiger partial charge on any atom is 0.159 e. The summed E-state index contributed by atoms with van der Waals surface area (Å²) in [5, 5.41) is 4.02. The highest BCUT2D eigenvalue weighted by Gasteiger charge is 2.30. The lowest BCUT2D eigenvalue weighted by molar-refractivity contribution is 0.245. The van der Waals surface area contributed by atoms with Crippen molar-refractivity contribution in [1.29, 1.82) is 0 Å². The fourth-order valence-electron chi connectivity index (χ4n) is 3.18. The Morgan fingerprint density at radius 1 is 1.29 bits per heavy atom. The van der Waals surface area contributed by atoms with Crippen LogP contribution in [0.15, 0.2) is 22.7 Å². The van der Waals surface area contributed by atoms with Gasteiger partial charge in [-0.25, -0.2) is 8.78 Å². The Hall–Kier alpha value is -1.75. The third-order valence-electron chi connectivity index (χ3n) is 4.16. The predicted molar refractivity (Wildman–Crippen MR) is 74.7 cm³/mol. The molecule has 0 radical (unpaired) electrons. The average Bonchev–Trinajstić information content (AvgIpc) is 3.01. The lowest BCUT2D eigenvalue weighted by atomic mass is 10.0.